The molecule has 1 aliphatic heterocycles. The number of nitrogens with one attached hydrogen (secondary N) is 1. The van der Waals surface area contributed by atoms with Crippen LogP contribution in [0.4, 0.5) is 0 Å². The van der Waals surface area contributed by atoms with Crippen molar-refractivity contribution in [3.8, 4) is 5.75 Å². The molecule has 2 aromatic rings. The van der Waals surface area contributed by atoms with E-state index in [1.807, 2.05) is 12.1 Å². The van der Waals surface area contributed by atoms with Crippen molar-refractivity contribution in [2.45, 2.75) is 18.9 Å². The largest absolute Gasteiger partial charge is 0.507 e. The summed E-state index contributed by atoms with van der Waals surface area (Å²) in [6, 6.07) is 11.2. The van der Waals surface area contributed by atoms with Crippen molar-refractivity contribution < 1.29 is 34.6 Å². The van der Waals surface area contributed by atoms with Crippen LogP contribution in [-0.2, 0) is 17.7 Å². The highest BCUT2D eigenvalue weighted by Crippen LogP contribution is 2.24. The average molecular weight is 428 g/mol. The molecule has 0 spiro atoms. The van der Waals surface area contributed by atoms with Gasteiger partial charge in [-0.05, 0) is 35.7 Å². The number of carbonyl (C=O) groups is 2. The summed E-state index contributed by atoms with van der Waals surface area (Å²) in [5, 5.41) is 41.2. The van der Waals surface area contributed by atoms with Gasteiger partial charge in [-0.1, -0.05) is 24.3 Å². The highest BCUT2D eigenvalue weighted by molar-refractivity contribution is 6.43. The molecule has 1 saturated heterocycles. The SMILES string of the molecule is O=C(N[C@@H](Cc1cccc(C(=O)O)c1O)B(O)O)c1ccc(CN2CCOCC2)cc1. The molecule has 1 heterocycles. The Bertz CT molecular complexity index is 914. The molecule has 0 saturated carbocycles. The maximum absolute atomic E-state index is 12.6. The van der Waals surface area contributed by atoms with Crippen molar-refractivity contribution in [2.24, 2.45) is 0 Å². The number of amides is 1. The summed E-state index contributed by atoms with van der Waals surface area (Å²) < 4.78 is 5.33. The van der Waals surface area contributed by atoms with Gasteiger partial charge in [0.1, 0.15) is 11.3 Å². The number of nitrogens with zero attached hydrogens (tertiary/aromatic N) is 1. The first-order valence-electron chi connectivity index (χ1n) is 9.95. The molecular formula is C21H25BN2O7. The molecule has 10 heteroatoms. The predicted octanol–water partition coefficient (Wildman–Crippen LogP) is 0.276. The Hall–Kier alpha value is -2.92. The Morgan fingerprint density at radius 1 is 1.10 bits per heavy atom. The lowest BCUT2D eigenvalue weighted by molar-refractivity contribution is 0.0342. The highest BCUT2D eigenvalue weighted by atomic mass is 16.5. The number of aromatic carboxylic acids is 1. The smallest absolute Gasteiger partial charge is 0.475 e. The van der Waals surface area contributed by atoms with Crippen LogP contribution in [0.2, 0.25) is 0 Å². The molecule has 1 amide bonds. The van der Waals surface area contributed by atoms with E-state index < -0.39 is 30.7 Å². The van der Waals surface area contributed by atoms with E-state index in [1.165, 1.54) is 18.2 Å². The minimum Gasteiger partial charge on any atom is -0.507 e. The van der Waals surface area contributed by atoms with Crippen LogP contribution in [-0.4, -0.2) is 76.4 Å². The van der Waals surface area contributed by atoms with Gasteiger partial charge in [-0.25, -0.2) is 4.79 Å². The lowest BCUT2D eigenvalue weighted by Crippen LogP contribution is -2.47. The molecule has 3 rings (SSSR count). The third-order valence-corrected chi connectivity index (χ3v) is 5.19. The van der Waals surface area contributed by atoms with Gasteiger partial charge in [0.2, 0.25) is 0 Å². The molecule has 1 atom stereocenters. The molecule has 0 unspecified atom stereocenters. The molecule has 0 bridgehead atoms. The first-order valence-corrected chi connectivity index (χ1v) is 9.95. The zero-order valence-electron chi connectivity index (χ0n) is 16.9. The second-order valence-corrected chi connectivity index (χ2v) is 7.40. The molecule has 164 valence electrons. The fraction of sp³-hybridized carbons (Fsp3) is 0.333. The van der Waals surface area contributed by atoms with Gasteiger partial charge in [0.25, 0.3) is 5.91 Å². The molecule has 1 aliphatic rings. The maximum atomic E-state index is 12.6. The van der Waals surface area contributed by atoms with Crippen molar-refractivity contribution in [3.63, 3.8) is 0 Å². The number of rotatable bonds is 8. The van der Waals surface area contributed by atoms with Crippen molar-refractivity contribution in [3.05, 3.63) is 64.7 Å². The monoisotopic (exact) mass is 428 g/mol. The van der Waals surface area contributed by atoms with E-state index >= 15 is 0 Å². The Morgan fingerprint density at radius 3 is 2.39 bits per heavy atom. The molecule has 0 aliphatic carbocycles. The minimum absolute atomic E-state index is 0.161. The standard InChI is InChI=1S/C21H25BN2O7/c25-19-16(2-1-3-17(19)21(27)28)12-18(22(29)30)23-20(26)15-6-4-14(5-7-15)13-24-8-10-31-11-9-24/h1-7,18,25,29-30H,8-13H2,(H,23,26)(H,27,28)/t18-/m0/s1. The number of hydrogen-bond donors (Lipinski definition) is 5. The Balaban J connectivity index is 1.65. The number of carboxylic acid groups (broad SMARTS) is 1. The first kappa shape index (κ1) is 22.8. The fourth-order valence-corrected chi connectivity index (χ4v) is 3.43. The first-order chi connectivity index (χ1) is 14.8. The molecular weight excluding hydrogens is 403 g/mol. The van der Waals surface area contributed by atoms with E-state index in [-0.39, 0.29) is 17.5 Å². The van der Waals surface area contributed by atoms with Gasteiger partial charge >= 0.3 is 13.1 Å². The van der Waals surface area contributed by atoms with Crippen molar-refractivity contribution >= 4 is 19.0 Å². The van der Waals surface area contributed by atoms with Crippen LogP contribution in [0.5, 0.6) is 5.75 Å². The number of phenols is 1. The zero-order valence-corrected chi connectivity index (χ0v) is 16.9. The maximum Gasteiger partial charge on any atom is 0.475 e. The van der Waals surface area contributed by atoms with Crippen LogP contribution in [0.15, 0.2) is 42.5 Å². The van der Waals surface area contributed by atoms with E-state index in [2.05, 4.69) is 10.2 Å². The third-order valence-electron chi connectivity index (χ3n) is 5.19. The summed E-state index contributed by atoms with van der Waals surface area (Å²) >= 11 is 0. The molecule has 9 nitrogen and oxygen atoms in total. The number of para-hydroxylation sites is 1. The van der Waals surface area contributed by atoms with E-state index in [1.54, 1.807) is 12.1 Å². The van der Waals surface area contributed by atoms with Gasteiger partial charge in [-0.15, -0.1) is 0 Å². The summed E-state index contributed by atoms with van der Waals surface area (Å²) in [4.78, 5) is 26.0. The summed E-state index contributed by atoms with van der Waals surface area (Å²) in [5.74, 6) is -3.43. The molecule has 5 N–H and O–H groups in total. The number of ether oxygens (including phenoxy) is 1. The fourth-order valence-electron chi connectivity index (χ4n) is 3.43. The van der Waals surface area contributed by atoms with Crippen LogP contribution in [0.1, 0.15) is 31.8 Å². The molecule has 31 heavy (non-hydrogen) atoms. The summed E-state index contributed by atoms with van der Waals surface area (Å²) in [6.45, 7) is 3.87. The van der Waals surface area contributed by atoms with Gasteiger partial charge in [0.05, 0.1) is 19.2 Å². The highest BCUT2D eigenvalue weighted by Gasteiger charge is 2.28. The number of hydrogen-bond acceptors (Lipinski definition) is 7. The number of morpholine rings is 1. The van der Waals surface area contributed by atoms with E-state index in [0.29, 0.717) is 18.8 Å². The third kappa shape index (κ3) is 6.05. The van der Waals surface area contributed by atoms with E-state index in [9.17, 15) is 24.7 Å². The summed E-state index contributed by atoms with van der Waals surface area (Å²) in [7, 11) is -1.91. The van der Waals surface area contributed by atoms with Crippen LogP contribution in [0.3, 0.4) is 0 Å². The number of aromatic hydroxyl groups is 1. The van der Waals surface area contributed by atoms with Crippen LogP contribution < -0.4 is 5.32 Å². The van der Waals surface area contributed by atoms with E-state index in [4.69, 9.17) is 9.84 Å². The second kappa shape index (κ2) is 10.4. The number of benzene rings is 2. The van der Waals surface area contributed by atoms with Gasteiger partial charge in [-0.2, -0.15) is 0 Å². The Morgan fingerprint density at radius 2 is 1.77 bits per heavy atom. The minimum atomic E-state index is -1.91. The van der Waals surface area contributed by atoms with Crippen LogP contribution >= 0.6 is 0 Å². The molecule has 0 radical (unpaired) electrons. The van der Waals surface area contributed by atoms with Gasteiger partial charge < -0.3 is 30.3 Å². The zero-order chi connectivity index (χ0) is 22.4. The van der Waals surface area contributed by atoms with Crippen molar-refractivity contribution in [2.75, 3.05) is 26.3 Å². The second-order valence-electron chi connectivity index (χ2n) is 7.40. The lowest BCUT2D eigenvalue weighted by Gasteiger charge is -2.26. The number of carbonyl (C=O) groups excluding carboxylic acids is 1. The van der Waals surface area contributed by atoms with Crippen molar-refractivity contribution in [1.29, 1.82) is 0 Å². The topological polar surface area (TPSA) is 140 Å². The summed E-state index contributed by atoms with van der Waals surface area (Å²) in [6.07, 6.45) is -0.161. The van der Waals surface area contributed by atoms with Crippen LogP contribution in [0, 0.1) is 0 Å². The van der Waals surface area contributed by atoms with Crippen molar-refractivity contribution in [1.82, 2.24) is 10.2 Å². The van der Waals surface area contributed by atoms with Gasteiger partial charge in [0.15, 0.2) is 0 Å². The molecule has 2 aromatic carbocycles. The normalized spacial score (nSPS) is 15.3. The van der Waals surface area contributed by atoms with Gasteiger partial charge in [0, 0.05) is 25.2 Å². The molecule has 0 aromatic heterocycles. The molecule has 1 fully saturated rings. The summed E-state index contributed by atoms with van der Waals surface area (Å²) in [5.41, 5.74) is 1.28. The Labute approximate surface area is 180 Å². The quantitative estimate of drug-likeness (QED) is 0.378. The van der Waals surface area contributed by atoms with Gasteiger partial charge in [-0.3, -0.25) is 9.69 Å². The Kier molecular flexibility index (Phi) is 7.64. The lowest BCUT2D eigenvalue weighted by atomic mass is 9.75. The predicted molar refractivity (Wildman–Crippen MR) is 113 cm³/mol. The average Bonchev–Trinajstić information content (AvgIpc) is 2.75. The van der Waals surface area contributed by atoms with Crippen LogP contribution in [0.25, 0.3) is 0 Å². The van der Waals surface area contributed by atoms with E-state index in [0.717, 1.165) is 25.2 Å². The number of carboxylic acids is 1.